The van der Waals surface area contributed by atoms with Gasteiger partial charge in [0, 0.05) is 32.3 Å². The van der Waals surface area contributed by atoms with E-state index in [1.54, 1.807) is 31.4 Å². The van der Waals surface area contributed by atoms with Crippen LogP contribution in [0.25, 0.3) is 0 Å². The van der Waals surface area contributed by atoms with Crippen molar-refractivity contribution in [2.24, 2.45) is 0 Å². The van der Waals surface area contributed by atoms with Crippen molar-refractivity contribution in [1.29, 1.82) is 0 Å². The minimum Gasteiger partial charge on any atom is -0.383 e. The second kappa shape index (κ2) is 8.99. The molecular weight excluding hydrogens is 312 g/mol. The zero-order chi connectivity index (χ0) is 17.4. The first-order chi connectivity index (χ1) is 11.6. The first-order valence-electron chi connectivity index (χ1n) is 7.77. The number of carbonyl (C=O) groups is 3. The van der Waals surface area contributed by atoms with Gasteiger partial charge in [0.05, 0.1) is 19.7 Å². The highest BCUT2D eigenvalue weighted by Gasteiger charge is 2.28. The zero-order valence-electron chi connectivity index (χ0n) is 13.6. The predicted molar refractivity (Wildman–Crippen MR) is 87.5 cm³/mol. The summed E-state index contributed by atoms with van der Waals surface area (Å²) in [4.78, 5) is 36.4. The molecule has 0 aromatic heterocycles. The standard InChI is InChI=1S/C16H22N4O4/c1-24-8-7-17-5-6-18-15(22)13-4-2-3-12(9-13)11-20-14(21)10-19-16(20)23/h2-4,9,17H,5-8,10-11H2,1H3,(H,18,22)(H,19,23). The molecule has 0 atom stereocenters. The van der Waals surface area contributed by atoms with Crippen LogP contribution in [-0.4, -0.2) is 62.6 Å². The highest BCUT2D eigenvalue weighted by atomic mass is 16.5. The summed E-state index contributed by atoms with van der Waals surface area (Å²) in [5.74, 6) is -0.459. The molecule has 0 bridgehead atoms. The van der Waals surface area contributed by atoms with Crippen molar-refractivity contribution >= 4 is 17.8 Å². The molecule has 2 rings (SSSR count). The van der Waals surface area contributed by atoms with Gasteiger partial charge in [0.2, 0.25) is 5.91 Å². The van der Waals surface area contributed by atoms with Gasteiger partial charge in [-0.3, -0.25) is 14.5 Å². The fourth-order valence-corrected chi connectivity index (χ4v) is 2.27. The summed E-state index contributed by atoms with van der Waals surface area (Å²) in [6.07, 6.45) is 0. The van der Waals surface area contributed by atoms with E-state index in [1.165, 1.54) is 0 Å². The van der Waals surface area contributed by atoms with E-state index >= 15 is 0 Å². The summed E-state index contributed by atoms with van der Waals surface area (Å²) in [5, 5.41) is 8.41. The van der Waals surface area contributed by atoms with Crippen molar-refractivity contribution in [3.8, 4) is 0 Å². The van der Waals surface area contributed by atoms with E-state index in [0.717, 1.165) is 17.0 Å². The highest BCUT2D eigenvalue weighted by Crippen LogP contribution is 2.11. The van der Waals surface area contributed by atoms with Gasteiger partial charge in [-0.05, 0) is 17.7 Å². The summed E-state index contributed by atoms with van der Waals surface area (Å²) in [7, 11) is 1.63. The number of nitrogens with zero attached hydrogens (tertiary/aromatic N) is 1. The third kappa shape index (κ3) is 5.04. The number of imide groups is 1. The number of carbonyl (C=O) groups excluding carboxylic acids is 3. The van der Waals surface area contributed by atoms with Gasteiger partial charge >= 0.3 is 6.03 Å². The predicted octanol–water partition coefficient (Wildman–Crippen LogP) is -0.296. The van der Waals surface area contributed by atoms with Crippen molar-refractivity contribution in [3.05, 3.63) is 35.4 Å². The van der Waals surface area contributed by atoms with Crippen LogP contribution >= 0.6 is 0 Å². The van der Waals surface area contributed by atoms with Crippen LogP contribution in [0.4, 0.5) is 4.79 Å². The van der Waals surface area contributed by atoms with Crippen molar-refractivity contribution in [3.63, 3.8) is 0 Å². The van der Waals surface area contributed by atoms with Crippen LogP contribution in [0.2, 0.25) is 0 Å². The van der Waals surface area contributed by atoms with E-state index < -0.39 is 6.03 Å². The number of hydrogen-bond donors (Lipinski definition) is 3. The fraction of sp³-hybridized carbons (Fsp3) is 0.438. The van der Waals surface area contributed by atoms with Gasteiger partial charge in [0.15, 0.2) is 0 Å². The Kier molecular flexibility index (Phi) is 6.71. The molecule has 24 heavy (non-hydrogen) atoms. The molecule has 8 nitrogen and oxygen atoms in total. The van der Waals surface area contributed by atoms with Gasteiger partial charge < -0.3 is 20.7 Å². The van der Waals surface area contributed by atoms with Crippen LogP contribution in [0.15, 0.2) is 24.3 Å². The molecule has 0 saturated carbocycles. The lowest BCUT2D eigenvalue weighted by molar-refractivity contribution is -0.125. The SMILES string of the molecule is COCCNCCNC(=O)c1cccc(CN2C(=O)CNC2=O)c1. The summed E-state index contributed by atoms with van der Waals surface area (Å²) in [5.41, 5.74) is 1.22. The molecule has 1 fully saturated rings. The number of benzene rings is 1. The Morgan fingerprint density at radius 1 is 1.29 bits per heavy atom. The van der Waals surface area contributed by atoms with Crippen LogP contribution in [0.1, 0.15) is 15.9 Å². The van der Waals surface area contributed by atoms with E-state index in [4.69, 9.17) is 4.74 Å². The normalized spacial score (nSPS) is 14.0. The third-order valence-electron chi connectivity index (χ3n) is 3.54. The summed E-state index contributed by atoms with van der Waals surface area (Å²) < 4.78 is 4.92. The number of amides is 4. The lowest BCUT2D eigenvalue weighted by Crippen LogP contribution is -2.33. The molecule has 0 unspecified atom stereocenters. The van der Waals surface area contributed by atoms with Gasteiger partial charge in [0.25, 0.3) is 5.91 Å². The minimum absolute atomic E-state index is 0.0229. The van der Waals surface area contributed by atoms with Crippen LogP contribution in [0.5, 0.6) is 0 Å². The molecule has 0 aliphatic carbocycles. The molecule has 1 aliphatic heterocycles. The van der Waals surface area contributed by atoms with Gasteiger partial charge in [0.1, 0.15) is 0 Å². The van der Waals surface area contributed by atoms with Crippen molar-refractivity contribution in [2.45, 2.75) is 6.54 Å². The monoisotopic (exact) mass is 334 g/mol. The number of methoxy groups -OCH3 is 1. The molecule has 1 aliphatic rings. The van der Waals surface area contributed by atoms with Crippen molar-refractivity contribution < 1.29 is 19.1 Å². The quantitative estimate of drug-likeness (QED) is 0.425. The largest absolute Gasteiger partial charge is 0.383 e. The topological polar surface area (TPSA) is 99.8 Å². The smallest absolute Gasteiger partial charge is 0.324 e. The van der Waals surface area contributed by atoms with Gasteiger partial charge in [-0.1, -0.05) is 12.1 Å². The Hall–Kier alpha value is -2.45. The van der Waals surface area contributed by atoms with Crippen LogP contribution in [-0.2, 0) is 16.1 Å². The number of hydrogen-bond acceptors (Lipinski definition) is 5. The second-order valence-electron chi connectivity index (χ2n) is 5.34. The van der Waals surface area contributed by atoms with Gasteiger partial charge in [-0.15, -0.1) is 0 Å². The summed E-state index contributed by atoms with van der Waals surface area (Å²) in [6, 6.07) is 6.49. The lowest BCUT2D eigenvalue weighted by atomic mass is 10.1. The Morgan fingerprint density at radius 2 is 2.12 bits per heavy atom. The second-order valence-corrected chi connectivity index (χ2v) is 5.34. The molecule has 1 saturated heterocycles. The molecule has 130 valence electrons. The third-order valence-corrected chi connectivity index (χ3v) is 3.54. The molecule has 1 heterocycles. The number of nitrogens with one attached hydrogen (secondary N) is 3. The maximum atomic E-state index is 12.1. The lowest BCUT2D eigenvalue weighted by Gasteiger charge is -2.13. The maximum Gasteiger partial charge on any atom is 0.324 e. The molecule has 4 amide bonds. The molecular formula is C16H22N4O4. The number of urea groups is 1. The molecule has 3 N–H and O–H groups in total. The zero-order valence-corrected chi connectivity index (χ0v) is 13.6. The molecule has 8 heteroatoms. The number of ether oxygens (including phenoxy) is 1. The summed E-state index contributed by atoms with van der Waals surface area (Å²) >= 11 is 0. The first kappa shape index (κ1) is 17.9. The van der Waals surface area contributed by atoms with E-state index in [-0.39, 0.29) is 24.9 Å². The van der Waals surface area contributed by atoms with Crippen LogP contribution < -0.4 is 16.0 Å². The number of rotatable bonds is 9. The summed E-state index contributed by atoms with van der Waals surface area (Å²) in [6.45, 7) is 2.68. The Morgan fingerprint density at radius 3 is 2.83 bits per heavy atom. The van der Waals surface area contributed by atoms with Crippen LogP contribution in [0, 0.1) is 0 Å². The maximum absolute atomic E-state index is 12.1. The van der Waals surface area contributed by atoms with Gasteiger partial charge in [-0.2, -0.15) is 0 Å². The van der Waals surface area contributed by atoms with E-state index in [0.29, 0.717) is 25.3 Å². The van der Waals surface area contributed by atoms with Crippen LogP contribution in [0.3, 0.4) is 0 Å². The Labute approximate surface area is 140 Å². The Balaban J connectivity index is 1.84. The molecule has 1 aromatic rings. The van der Waals surface area contributed by atoms with E-state index in [2.05, 4.69) is 16.0 Å². The average Bonchev–Trinajstić information content (AvgIpc) is 2.90. The minimum atomic E-state index is -0.406. The molecule has 0 spiro atoms. The average molecular weight is 334 g/mol. The van der Waals surface area contributed by atoms with Crippen molar-refractivity contribution in [1.82, 2.24) is 20.9 Å². The van der Waals surface area contributed by atoms with Gasteiger partial charge in [-0.25, -0.2) is 4.79 Å². The fourth-order valence-electron chi connectivity index (χ4n) is 2.27. The first-order valence-corrected chi connectivity index (χ1v) is 7.77. The molecule has 0 radical (unpaired) electrons. The molecule has 1 aromatic carbocycles. The Bertz CT molecular complexity index is 589. The van der Waals surface area contributed by atoms with E-state index in [9.17, 15) is 14.4 Å². The highest BCUT2D eigenvalue weighted by molar-refractivity contribution is 6.02. The van der Waals surface area contributed by atoms with Crippen molar-refractivity contribution in [2.75, 3.05) is 39.9 Å². The van der Waals surface area contributed by atoms with E-state index in [1.807, 2.05) is 0 Å².